The van der Waals surface area contributed by atoms with Crippen LogP contribution >= 0.6 is 0 Å². The fraction of sp³-hybridized carbons (Fsp3) is 0.312. The zero-order valence-corrected chi connectivity index (χ0v) is 13.6. The van der Waals surface area contributed by atoms with Gasteiger partial charge in [-0.25, -0.2) is 0 Å². The van der Waals surface area contributed by atoms with Crippen LogP contribution in [0, 0.1) is 17.0 Å². The van der Waals surface area contributed by atoms with Crippen LogP contribution < -0.4 is 5.32 Å². The number of amides is 1. The fourth-order valence-corrected chi connectivity index (χ4v) is 2.36. The van der Waals surface area contributed by atoms with Crippen molar-refractivity contribution in [3.05, 3.63) is 51.7 Å². The van der Waals surface area contributed by atoms with Crippen LogP contribution in [0.2, 0.25) is 0 Å². The first-order chi connectivity index (χ1) is 11.3. The van der Waals surface area contributed by atoms with Gasteiger partial charge in [-0.3, -0.25) is 9.59 Å². The lowest BCUT2D eigenvalue weighted by molar-refractivity contribution is -0.389. The van der Waals surface area contributed by atoms with E-state index in [2.05, 4.69) is 10.4 Å². The van der Waals surface area contributed by atoms with Crippen LogP contribution in [-0.4, -0.2) is 26.4 Å². The largest absolute Gasteiger partial charge is 0.390 e. The molecule has 24 heavy (non-hydrogen) atoms. The van der Waals surface area contributed by atoms with E-state index in [1.54, 1.807) is 38.1 Å². The van der Waals surface area contributed by atoms with Gasteiger partial charge in [0.25, 0.3) is 5.91 Å². The van der Waals surface area contributed by atoms with Gasteiger partial charge in [0.2, 0.25) is 0 Å². The van der Waals surface area contributed by atoms with Gasteiger partial charge >= 0.3 is 5.82 Å². The molecule has 1 atom stereocenters. The molecular formula is C16H18N4O4. The highest BCUT2D eigenvalue weighted by Crippen LogP contribution is 2.20. The molecule has 0 radical (unpaired) electrons. The van der Waals surface area contributed by atoms with Crippen LogP contribution in [0.15, 0.2) is 30.3 Å². The summed E-state index contributed by atoms with van der Waals surface area (Å²) in [5.41, 5.74) is 1.64. The van der Waals surface area contributed by atoms with Crippen molar-refractivity contribution in [2.45, 2.75) is 33.2 Å². The van der Waals surface area contributed by atoms with Gasteiger partial charge < -0.3 is 15.4 Å². The number of ketones is 1. The van der Waals surface area contributed by atoms with Crippen LogP contribution in [0.4, 0.5) is 11.5 Å². The maximum atomic E-state index is 12.5. The molecule has 126 valence electrons. The molecule has 0 spiro atoms. The second-order valence-corrected chi connectivity index (χ2v) is 5.39. The van der Waals surface area contributed by atoms with Crippen molar-refractivity contribution in [1.29, 1.82) is 0 Å². The molecule has 1 aromatic heterocycles. The maximum Gasteiger partial charge on any atom is 0.390 e. The Kier molecular flexibility index (Phi) is 5.08. The highest BCUT2D eigenvalue weighted by molar-refractivity contribution is 5.96. The molecular weight excluding hydrogens is 312 g/mol. The van der Waals surface area contributed by atoms with Crippen molar-refractivity contribution < 1.29 is 14.5 Å². The van der Waals surface area contributed by atoms with Gasteiger partial charge in [-0.15, -0.1) is 0 Å². The topological polar surface area (TPSA) is 107 Å². The SMILES string of the molecule is CCC(C(=O)Nc1ccc(C(C)=O)cc1)n1nc([N+](=O)[O-])cc1C. The van der Waals surface area contributed by atoms with Gasteiger partial charge in [-0.2, -0.15) is 4.68 Å². The van der Waals surface area contributed by atoms with Gasteiger partial charge in [0, 0.05) is 11.3 Å². The summed E-state index contributed by atoms with van der Waals surface area (Å²) >= 11 is 0. The lowest BCUT2D eigenvalue weighted by Gasteiger charge is -2.14. The zero-order chi connectivity index (χ0) is 17.9. The fourth-order valence-electron chi connectivity index (χ4n) is 2.36. The standard InChI is InChI=1S/C16H18N4O4/c1-4-14(19-10(2)9-15(18-19)20(23)24)16(22)17-13-7-5-12(6-8-13)11(3)21/h5-9,14H,4H2,1-3H3,(H,17,22). The lowest BCUT2D eigenvalue weighted by Crippen LogP contribution is -2.27. The summed E-state index contributed by atoms with van der Waals surface area (Å²) in [5.74, 6) is -0.669. The van der Waals surface area contributed by atoms with Crippen molar-refractivity contribution in [3.8, 4) is 0 Å². The summed E-state index contributed by atoms with van der Waals surface area (Å²) in [4.78, 5) is 34.0. The molecule has 2 rings (SSSR count). The number of benzene rings is 1. The van der Waals surface area contributed by atoms with Gasteiger partial charge in [-0.1, -0.05) is 6.92 Å². The lowest BCUT2D eigenvalue weighted by atomic mass is 10.1. The molecule has 0 bridgehead atoms. The Labute approximate surface area is 138 Å². The van der Waals surface area contributed by atoms with E-state index < -0.39 is 11.0 Å². The second kappa shape index (κ2) is 7.03. The van der Waals surface area contributed by atoms with Crippen LogP contribution in [0.25, 0.3) is 0 Å². The van der Waals surface area contributed by atoms with E-state index in [9.17, 15) is 19.7 Å². The van der Waals surface area contributed by atoms with E-state index in [1.165, 1.54) is 17.7 Å². The number of nitrogens with one attached hydrogen (secondary N) is 1. The number of nitro groups is 1. The highest BCUT2D eigenvalue weighted by Gasteiger charge is 2.27. The number of hydrogen-bond donors (Lipinski definition) is 1. The first-order valence-electron chi connectivity index (χ1n) is 7.46. The molecule has 0 aliphatic heterocycles. The number of carbonyl (C=O) groups is 2. The number of nitrogens with zero attached hydrogens (tertiary/aromatic N) is 3. The average Bonchev–Trinajstić information content (AvgIpc) is 2.91. The first-order valence-corrected chi connectivity index (χ1v) is 7.46. The van der Waals surface area contributed by atoms with Crippen LogP contribution in [0.5, 0.6) is 0 Å². The molecule has 1 N–H and O–H groups in total. The normalized spacial score (nSPS) is 11.8. The number of rotatable bonds is 6. The minimum Gasteiger partial charge on any atom is -0.358 e. The molecule has 2 aromatic rings. The van der Waals surface area contributed by atoms with E-state index >= 15 is 0 Å². The minimum absolute atomic E-state index is 0.0567. The number of aromatic nitrogens is 2. The third kappa shape index (κ3) is 3.65. The third-order valence-electron chi connectivity index (χ3n) is 3.64. The van der Waals surface area contributed by atoms with Gasteiger partial charge in [-0.05, 0) is 49.5 Å². The predicted octanol–water partition coefficient (Wildman–Crippen LogP) is 2.89. The number of anilines is 1. The maximum absolute atomic E-state index is 12.5. The quantitative estimate of drug-likeness (QED) is 0.498. The summed E-state index contributed by atoms with van der Waals surface area (Å²) in [6.45, 7) is 4.93. The molecule has 0 aliphatic rings. The Morgan fingerprint density at radius 1 is 1.33 bits per heavy atom. The van der Waals surface area contributed by atoms with E-state index in [1.807, 2.05) is 0 Å². The number of Topliss-reactive ketones (excluding diaryl/α,β-unsaturated/α-hetero) is 1. The number of hydrogen-bond acceptors (Lipinski definition) is 5. The summed E-state index contributed by atoms with van der Waals surface area (Å²) < 4.78 is 1.36. The smallest absolute Gasteiger partial charge is 0.358 e. The molecule has 1 heterocycles. The third-order valence-corrected chi connectivity index (χ3v) is 3.64. The molecule has 0 aliphatic carbocycles. The Bertz CT molecular complexity index is 780. The molecule has 1 unspecified atom stereocenters. The van der Waals surface area contributed by atoms with Crippen LogP contribution in [0.1, 0.15) is 42.4 Å². The second-order valence-electron chi connectivity index (χ2n) is 5.39. The highest BCUT2D eigenvalue weighted by atomic mass is 16.6. The molecule has 0 saturated carbocycles. The monoisotopic (exact) mass is 330 g/mol. The summed E-state index contributed by atoms with van der Waals surface area (Å²) in [6.07, 6.45) is 0.428. The van der Waals surface area contributed by atoms with E-state index in [0.717, 1.165) is 0 Å². The van der Waals surface area contributed by atoms with Crippen LogP contribution in [0.3, 0.4) is 0 Å². The Morgan fingerprint density at radius 3 is 2.42 bits per heavy atom. The predicted molar refractivity (Wildman–Crippen MR) is 88.0 cm³/mol. The van der Waals surface area contributed by atoms with E-state index in [0.29, 0.717) is 23.4 Å². The van der Waals surface area contributed by atoms with Gasteiger partial charge in [0.05, 0.1) is 16.9 Å². The minimum atomic E-state index is -0.661. The van der Waals surface area contributed by atoms with Gasteiger partial charge in [0.15, 0.2) is 11.8 Å². The molecule has 0 fully saturated rings. The summed E-state index contributed by atoms with van der Waals surface area (Å²) in [7, 11) is 0. The molecule has 1 amide bonds. The van der Waals surface area contributed by atoms with Crippen molar-refractivity contribution in [1.82, 2.24) is 9.78 Å². The van der Waals surface area contributed by atoms with Gasteiger partial charge in [0.1, 0.15) is 0 Å². The average molecular weight is 330 g/mol. The summed E-state index contributed by atoms with van der Waals surface area (Å²) in [6, 6.07) is 7.20. The Hall–Kier alpha value is -3.03. The summed E-state index contributed by atoms with van der Waals surface area (Å²) in [5, 5.41) is 17.5. The Morgan fingerprint density at radius 2 is 1.96 bits per heavy atom. The molecule has 8 nitrogen and oxygen atoms in total. The van der Waals surface area contributed by atoms with Crippen molar-refractivity contribution in [3.63, 3.8) is 0 Å². The van der Waals surface area contributed by atoms with Crippen LogP contribution in [-0.2, 0) is 4.79 Å². The first kappa shape index (κ1) is 17.3. The number of aryl methyl sites for hydroxylation is 1. The van der Waals surface area contributed by atoms with E-state index in [-0.39, 0.29) is 17.5 Å². The van der Waals surface area contributed by atoms with Crippen molar-refractivity contribution in [2.75, 3.05) is 5.32 Å². The number of carbonyl (C=O) groups excluding carboxylic acids is 2. The van der Waals surface area contributed by atoms with Crippen molar-refractivity contribution in [2.24, 2.45) is 0 Å². The van der Waals surface area contributed by atoms with Crippen molar-refractivity contribution >= 4 is 23.2 Å². The molecule has 1 aromatic carbocycles. The zero-order valence-electron chi connectivity index (χ0n) is 13.6. The molecule has 0 saturated heterocycles. The Balaban J connectivity index is 2.19. The molecule has 8 heteroatoms. The van der Waals surface area contributed by atoms with E-state index in [4.69, 9.17) is 0 Å².